The summed E-state index contributed by atoms with van der Waals surface area (Å²) < 4.78 is 7.52. The number of hydrogen-bond acceptors (Lipinski definition) is 7. The number of aliphatic hydroxyl groups excluding tert-OH is 1. The number of morpholine rings is 1. The van der Waals surface area contributed by atoms with Gasteiger partial charge >= 0.3 is 0 Å². The molecule has 0 spiro atoms. The van der Waals surface area contributed by atoms with Gasteiger partial charge < -0.3 is 20.1 Å². The third kappa shape index (κ3) is 3.98. The van der Waals surface area contributed by atoms with Crippen molar-refractivity contribution in [2.45, 2.75) is 13.3 Å². The summed E-state index contributed by atoms with van der Waals surface area (Å²) in [4.78, 5) is 11.9. The number of anilines is 3. The van der Waals surface area contributed by atoms with Crippen molar-refractivity contribution in [3.63, 3.8) is 0 Å². The van der Waals surface area contributed by atoms with E-state index >= 15 is 0 Å². The number of hydrogen-bond donors (Lipinski definition) is 3. The average molecular weight is 470 g/mol. The lowest BCUT2D eigenvalue weighted by atomic mass is 10.1. The van der Waals surface area contributed by atoms with Gasteiger partial charge in [-0.3, -0.25) is 9.50 Å². The molecule has 3 aromatic heterocycles. The Bertz CT molecular complexity index is 1480. The molecule has 1 saturated heterocycles. The molecule has 4 heterocycles. The van der Waals surface area contributed by atoms with E-state index in [0.29, 0.717) is 12.2 Å². The fourth-order valence-electron chi connectivity index (χ4n) is 4.70. The van der Waals surface area contributed by atoms with Crippen molar-refractivity contribution in [2.75, 3.05) is 43.1 Å². The number of aliphatic hydroxyl groups is 1. The van der Waals surface area contributed by atoms with Gasteiger partial charge in [0.2, 0.25) is 0 Å². The standard InChI is InChI=1S/C26H27N7O2/c1-17-24(18-2-7-21-22(8-13-34)30-31-23(21)16-18)29-25(26-27-9-10-33(17)26)28-19-3-5-20(6-4-19)32-11-14-35-15-12-32/h2-7,9-10,16,34H,8,11-15H2,1H3,(H,28,29)(H,30,31). The van der Waals surface area contributed by atoms with Crippen molar-refractivity contribution in [3.8, 4) is 11.3 Å². The summed E-state index contributed by atoms with van der Waals surface area (Å²) >= 11 is 0. The van der Waals surface area contributed by atoms with E-state index in [4.69, 9.17) is 9.72 Å². The van der Waals surface area contributed by atoms with E-state index in [-0.39, 0.29) is 6.61 Å². The molecule has 2 aromatic carbocycles. The van der Waals surface area contributed by atoms with Gasteiger partial charge in [0.1, 0.15) is 0 Å². The molecule has 5 aromatic rings. The summed E-state index contributed by atoms with van der Waals surface area (Å²) in [6.45, 7) is 5.47. The van der Waals surface area contributed by atoms with Gasteiger partial charge in [-0.05, 0) is 37.3 Å². The van der Waals surface area contributed by atoms with Gasteiger partial charge in [0.05, 0.1) is 30.1 Å². The number of ether oxygens (including phenoxy) is 1. The molecule has 0 atom stereocenters. The fraction of sp³-hybridized carbons (Fsp3) is 0.269. The maximum Gasteiger partial charge on any atom is 0.180 e. The summed E-state index contributed by atoms with van der Waals surface area (Å²) in [6.07, 6.45) is 4.27. The van der Waals surface area contributed by atoms with Gasteiger partial charge in [0.25, 0.3) is 0 Å². The molecule has 0 amide bonds. The van der Waals surface area contributed by atoms with Gasteiger partial charge in [0, 0.05) is 66.5 Å². The highest BCUT2D eigenvalue weighted by molar-refractivity contribution is 5.87. The lowest BCUT2D eigenvalue weighted by Crippen LogP contribution is -2.36. The summed E-state index contributed by atoms with van der Waals surface area (Å²) in [5, 5.41) is 21.2. The first kappa shape index (κ1) is 21.6. The highest BCUT2D eigenvalue weighted by atomic mass is 16.5. The van der Waals surface area contributed by atoms with Crippen LogP contribution in [0.3, 0.4) is 0 Å². The van der Waals surface area contributed by atoms with Crippen molar-refractivity contribution in [2.24, 2.45) is 0 Å². The second-order valence-electron chi connectivity index (χ2n) is 8.69. The van der Waals surface area contributed by atoms with Gasteiger partial charge in [-0.1, -0.05) is 12.1 Å². The molecule has 0 aliphatic carbocycles. The third-order valence-corrected chi connectivity index (χ3v) is 6.55. The zero-order valence-electron chi connectivity index (χ0n) is 19.5. The van der Waals surface area contributed by atoms with E-state index in [9.17, 15) is 5.11 Å². The lowest BCUT2D eigenvalue weighted by molar-refractivity contribution is 0.122. The van der Waals surface area contributed by atoms with Crippen LogP contribution >= 0.6 is 0 Å². The number of aromatic amines is 1. The molecule has 0 bridgehead atoms. The Kier molecular flexibility index (Phi) is 5.55. The van der Waals surface area contributed by atoms with Crippen molar-refractivity contribution < 1.29 is 9.84 Å². The van der Waals surface area contributed by atoms with Gasteiger partial charge in [-0.15, -0.1) is 0 Å². The number of nitrogens with zero attached hydrogens (tertiary/aromatic N) is 5. The Hall–Kier alpha value is -3.95. The third-order valence-electron chi connectivity index (χ3n) is 6.55. The maximum absolute atomic E-state index is 9.29. The quantitative estimate of drug-likeness (QED) is 0.348. The van der Waals surface area contributed by atoms with Crippen LogP contribution in [0.2, 0.25) is 0 Å². The topological polar surface area (TPSA) is 104 Å². The summed E-state index contributed by atoms with van der Waals surface area (Å²) in [5.74, 6) is 0.695. The number of H-pyrrole nitrogens is 1. The predicted octanol–water partition coefficient (Wildman–Crippen LogP) is 3.70. The monoisotopic (exact) mass is 469 g/mol. The van der Waals surface area contributed by atoms with Crippen LogP contribution in [-0.4, -0.2) is 62.6 Å². The van der Waals surface area contributed by atoms with Crippen LogP contribution in [0, 0.1) is 6.92 Å². The molecule has 178 valence electrons. The van der Waals surface area contributed by atoms with Gasteiger partial charge in [-0.2, -0.15) is 5.10 Å². The minimum atomic E-state index is 0.0715. The van der Waals surface area contributed by atoms with Gasteiger partial charge in [-0.25, -0.2) is 9.97 Å². The zero-order valence-corrected chi connectivity index (χ0v) is 19.5. The van der Waals surface area contributed by atoms with Crippen LogP contribution in [0.25, 0.3) is 27.8 Å². The summed E-state index contributed by atoms with van der Waals surface area (Å²) in [6, 6.07) is 14.6. The van der Waals surface area contributed by atoms with Crippen LogP contribution in [0.15, 0.2) is 54.9 Å². The van der Waals surface area contributed by atoms with E-state index in [0.717, 1.165) is 71.2 Å². The maximum atomic E-state index is 9.29. The average Bonchev–Trinajstić information content (AvgIpc) is 3.55. The first-order chi connectivity index (χ1) is 17.2. The first-order valence-electron chi connectivity index (χ1n) is 11.8. The molecule has 0 saturated carbocycles. The molecule has 3 N–H and O–H groups in total. The smallest absolute Gasteiger partial charge is 0.180 e. The molecule has 1 aliphatic heterocycles. The van der Waals surface area contributed by atoms with Crippen molar-refractivity contribution in [1.82, 2.24) is 24.6 Å². The van der Waals surface area contributed by atoms with E-state index in [2.05, 4.69) is 66.2 Å². The second-order valence-corrected chi connectivity index (χ2v) is 8.69. The van der Waals surface area contributed by atoms with E-state index in [1.807, 2.05) is 19.2 Å². The molecule has 9 nitrogen and oxygen atoms in total. The fourth-order valence-corrected chi connectivity index (χ4v) is 4.70. The Labute approximate surface area is 202 Å². The summed E-state index contributed by atoms with van der Waals surface area (Å²) in [7, 11) is 0. The Morgan fingerprint density at radius 1 is 1.11 bits per heavy atom. The Balaban J connectivity index is 1.35. The first-order valence-corrected chi connectivity index (χ1v) is 11.8. The molecular formula is C26H27N7O2. The van der Waals surface area contributed by atoms with Crippen molar-refractivity contribution in [3.05, 3.63) is 66.2 Å². The van der Waals surface area contributed by atoms with Crippen molar-refractivity contribution >= 4 is 33.7 Å². The molecule has 1 aliphatic rings. The summed E-state index contributed by atoms with van der Waals surface area (Å²) in [5.41, 5.74) is 7.55. The number of aromatic nitrogens is 5. The highest BCUT2D eigenvalue weighted by Gasteiger charge is 2.16. The normalized spacial score (nSPS) is 14.2. The number of imidazole rings is 1. The number of fused-ring (bicyclic) bond motifs is 2. The van der Waals surface area contributed by atoms with Crippen molar-refractivity contribution in [1.29, 1.82) is 0 Å². The highest BCUT2D eigenvalue weighted by Crippen LogP contribution is 2.30. The molecule has 0 unspecified atom stereocenters. The number of nitrogens with one attached hydrogen (secondary N) is 2. The molecule has 6 rings (SSSR count). The lowest BCUT2D eigenvalue weighted by Gasteiger charge is -2.28. The SMILES string of the molecule is Cc1c(-c2ccc3c(CCO)n[nH]c3c2)nc(Nc2ccc(N3CCOCC3)cc2)c2nccn12. The molecule has 0 radical (unpaired) electrons. The molecule has 9 heteroatoms. The van der Waals surface area contributed by atoms with Crippen LogP contribution in [0.4, 0.5) is 17.2 Å². The van der Waals surface area contributed by atoms with E-state index in [1.165, 1.54) is 5.69 Å². The van der Waals surface area contributed by atoms with Crippen LogP contribution in [-0.2, 0) is 11.2 Å². The number of aryl methyl sites for hydroxylation is 1. The van der Waals surface area contributed by atoms with Crippen LogP contribution in [0.1, 0.15) is 11.4 Å². The molecule has 1 fully saturated rings. The van der Waals surface area contributed by atoms with Crippen LogP contribution < -0.4 is 10.2 Å². The Morgan fingerprint density at radius 2 is 1.94 bits per heavy atom. The minimum absolute atomic E-state index is 0.0715. The van der Waals surface area contributed by atoms with Gasteiger partial charge in [0.15, 0.2) is 11.5 Å². The Morgan fingerprint density at radius 3 is 2.74 bits per heavy atom. The largest absolute Gasteiger partial charge is 0.396 e. The van der Waals surface area contributed by atoms with Crippen LogP contribution in [0.5, 0.6) is 0 Å². The number of benzene rings is 2. The number of rotatable bonds is 6. The minimum Gasteiger partial charge on any atom is -0.396 e. The van der Waals surface area contributed by atoms with E-state index < -0.39 is 0 Å². The molecular weight excluding hydrogens is 442 g/mol. The second kappa shape index (κ2) is 9.01. The predicted molar refractivity (Wildman–Crippen MR) is 136 cm³/mol. The van der Waals surface area contributed by atoms with E-state index in [1.54, 1.807) is 6.20 Å². The molecule has 35 heavy (non-hydrogen) atoms. The zero-order chi connectivity index (χ0) is 23.8.